The first kappa shape index (κ1) is 17.0. The molecule has 104 valence electrons. The SMILES string of the molecule is C1CCC(CC2CCCCC2)CC1.CC.CC. The van der Waals surface area contributed by atoms with Crippen molar-refractivity contribution in [3.05, 3.63) is 0 Å². The average molecular weight is 240 g/mol. The second-order valence-electron chi connectivity index (χ2n) is 5.24. The fraction of sp³-hybridized carbons (Fsp3) is 1.00. The van der Waals surface area contributed by atoms with Crippen LogP contribution in [0.15, 0.2) is 0 Å². The van der Waals surface area contributed by atoms with E-state index in [2.05, 4.69) is 0 Å². The van der Waals surface area contributed by atoms with Gasteiger partial charge in [-0.3, -0.25) is 0 Å². The summed E-state index contributed by atoms with van der Waals surface area (Å²) in [7, 11) is 0. The van der Waals surface area contributed by atoms with Crippen LogP contribution >= 0.6 is 0 Å². The van der Waals surface area contributed by atoms with Gasteiger partial charge in [0.05, 0.1) is 0 Å². The van der Waals surface area contributed by atoms with Crippen LogP contribution < -0.4 is 0 Å². The Morgan fingerprint density at radius 1 is 0.529 bits per heavy atom. The van der Waals surface area contributed by atoms with E-state index in [-0.39, 0.29) is 0 Å². The third-order valence-electron chi connectivity index (χ3n) is 4.12. The predicted octanol–water partition coefficient (Wildman–Crippen LogP) is 6.59. The minimum atomic E-state index is 1.12. The monoisotopic (exact) mass is 240 g/mol. The van der Waals surface area contributed by atoms with Gasteiger partial charge in [0.1, 0.15) is 0 Å². The van der Waals surface area contributed by atoms with Gasteiger partial charge in [0.15, 0.2) is 0 Å². The molecule has 0 N–H and O–H groups in total. The lowest BCUT2D eigenvalue weighted by atomic mass is 9.78. The van der Waals surface area contributed by atoms with Crippen LogP contribution in [0, 0.1) is 11.8 Å². The van der Waals surface area contributed by atoms with E-state index in [9.17, 15) is 0 Å². The first-order chi connectivity index (χ1) is 8.45. The molecule has 0 saturated heterocycles. The summed E-state index contributed by atoms with van der Waals surface area (Å²) in [6, 6.07) is 0. The van der Waals surface area contributed by atoms with Gasteiger partial charge in [-0.05, 0) is 18.3 Å². The third-order valence-corrected chi connectivity index (χ3v) is 4.12. The van der Waals surface area contributed by atoms with Crippen LogP contribution in [-0.4, -0.2) is 0 Å². The van der Waals surface area contributed by atoms with E-state index in [1.54, 1.807) is 32.1 Å². The van der Waals surface area contributed by atoms with E-state index < -0.39 is 0 Å². The van der Waals surface area contributed by atoms with Gasteiger partial charge in [-0.15, -0.1) is 0 Å². The van der Waals surface area contributed by atoms with Crippen molar-refractivity contribution < 1.29 is 0 Å². The van der Waals surface area contributed by atoms with Gasteiger partial charge >= 0.3 is 0 Å². The molecule has 0 aromatic rings. The molecule has 17 heavy (non-hydrogen) atoms. The minimum absolute atomic E-state index is 1.12. The predicted molar refractivity (Wildman–Crippen MR) is 80.5 cm³/mol. The van der Waals surface area contributed by atoms with Gasteiger partial charge in [-0.1, -0.05) is 91.9 Å². The van der Waals surface area contributed by atoms with Gasteiger partial charge in [0, 0.05) is 0 Å². The van der Waals surface area contributed by atoms with Crippen molar-refractivity contribution in [2.24, 2.45) is 11.8 Å². The molecule has 2 aliphatic rings. The van der Waals surface area contributed by atoms with Crippen molar-refractivity contribution >= 4 is 0 Å². The molecule has 0 heterocycles. The van der Waals surface area contributed by atoms with Crippen molar-refractivity contribution in [2.75, 3.05) is 0 Å². The van der Waals surface area contributed by atoms with Crippen LogP contribution in [-0.2, 0) is 0 Å². The molecule has 0 heteroatoms. The lowest BCUT2D eigenvalue weighted by Gasteiger charge is -2.28. The highest BCUT2D eigenvalue weighted by Gasteiger charge is 2.20. The lowest BCUT2D eigenvalue weighted by Crippen LogP contribution is -2.14. The van der Waals surface area contributed by atoms with Crippen molar-refractivity contribution in [3.63, 3.8) is 0 Å². The first-order valence-electron chi connectivity index (χ1n) is 8.45. The van der Waals surface area contributed by atoms with Gasteiger partial charge < -0.3 is 0 Å². The highest BCUT2D eigenvalue weighted by molar-refractivity contribution is 4.73. The molecule has 0 aromatic carbocycles. The second kappa shape index (κ2) is 12.5. The lowest BCUT2D eigenvalue weighted by molar-refractivity contribution is 0.244. The molecule has 2 rings (SSSR count). The van der Waals surface area contributed by atoms with Crippen LogP contribution in [0.3, 0.4) is 0 Å². The molecule has 2 fully saturated rings. The zero-order valence-electron chi connectivity index (χ0n) is 12.9. The van der Waals surface area contributed by atoms with E-state index in [0.29, 0.717) is 0 Å². The average Bonchev–Trinajstić information content (AvgIpc) is 2.45. The molecule has 0 aromatic heterocycles. The van der Waals surface area contributed by atoms with Crippen LogP contribution in [0.25, 0.3) is 0 Å². The van der Waals surface area contributed by atoms with E-state index in [1.807, 2.05) is 27.7 Å². The largest absolute Gasteiger partial charge is 0.0683 e. The number of hydrogen-bond donors (Lipinski definition) is 0. The first-order valence-corrected chi connectivity index (χ1v) is 8.45. The topological polar surface area (TPSA) is 0 Å². The van der Waals surface area contributed by atoms with Crippen molar-refractivity contribution in [3.8, 4) is 0 Å². The Hall–Kier alpha value is 0. The van der Waals surface area contributed by atoms with Crippen LogP contribution in [0.4, 0.5) is 0 Å². The van der Waals surface area contributed by atoms with Crippen LogP contribution in [0.2, 0.25) is 0 Å². The van der Waals surface area contributed by atoms with Gasteiger partial charge in [0.25, 0.3) is 0 Å². The molecule has 0 amide bonds. The zero-order valence-corrected chi connectivity index (χ0v) is 12.9. The highest BCUT2D eigenvalue weighted by atomic mass is 14.3. The van der Waals surface area contributed by atoms with E-state index in [1.165, 1.54) is 38.5 Å². The Morgan fingerprint density at radius 3 is 1.12 bits per heavy atom. The molecular formula is C17H36. The van der Waals surface area contributed by atoms with Crippen molar-refractivity contribution in [2.45, 2.75) is 98.3 Å². The molecule has 0 nitrogen and oxygen atoms in total. The number of rotatable bonds is 2. The molecule has 0 spiro atoms. The molecule has 0 aliphatic heterocycles. The van der Waals surface area contributed by atoms with Gasteiger partial charge in [-0.2, -0.15) is 0 Å². The number of hydrogen-bond acceptors (Lipinski definition) is 0. The maximum atomic E-state index is 2.00. The minimum Gasteiger partial charge on any atom is -0.0683 e. The molecule has 2 aliphatic carbocycles. The fourth-order valence-corrected chi connectivity index (χ4v) is 3.32. The molecule has 0 radical (unpaired) electrons. The van der Waals surface area contributed by atoms with Crippen molar-refractivity contribution in [1.82, 2.24) is 0 Å². The Kier molecular flexibility index (Phi) is 12.5. The van der Waals surface area contributed by atoms with E-state index >= 15 is 0 Å². The molecule has 0 atom stereocenters. The summed E-state index contributed by atoms with van der Waals surface area (Å²) in [6.07, 6.45) is 16.9. The summed E-state index contributed by atoms with van der Waals surface area (Å²) in [5.41, 5.74) is 0. The summed E-state index contributed by atoms with van der Waals surface area (Å²) in [4.78, 5) is 0. The van der Waals surface area contributed by atoms with E-state index in [4.69, 9.17) is 0 Å². The Morgan fingerprint density at radius 2 is 0.824 bits per heavy atom. The second-order valence-corrected chi connectivity index (χ2v) is 5.24. The Bertz CT molecular complexity index is 111. The standard InChI is InChI=1S/C13H24.2C2H6/c1-3-7-12(8-4-1)11-13-9-5-2-6-10-13;2*1-2/h12-13H,1-11H2;2*1-2H3. The maximum Gasteiger partial charge on any atom is -0.0412 e. The molecular weight excluding hydrogens is 204 g/mol. The summed E-state index contributed by atoms with van der Waals surface area (Å²) in [5, 5.41) is 0. The highest BCUT2D eigenvalue weighted by Crippen LogP contribution is 2.34. The van der Waals surface area contributed by atoms with Gasteiger partial charge in [-0.25, -0.2) is 0 Å². The normalized spacial score (nSPS) is 21.9. The molecule has 0 bridgehead atoms. The molecule has 0 unspecified atom stereocenters. The van der Waals surface area contributed by atoms with Crippen LogP contribution in [0.5, 0.6) is 0 Å². The molecule has 2 saturated carbocycles. The smallest absolute Gasteiger partial charge is 0.0412 e. The maximum absolute atomic E-state index is 2.00. The van der Waals surface area contributed by atoms with Crippen molar-refractivity contribution in [1.29, 1.82) is 0 Å². The summed E-state index contributed by atoms with van der Waals surface area (Å²) in [6.45, 7) is 8.00. The van der Waals surface area contributed by atoms with Gasteiger partial charge in [0.2, 0.25) is 0 Å². The van der Waals surface area contributed by atoms with E-state index in [0.717, 1.165) is 11.8 Å². The summed E-state index contributed by atoms with van der Waals surface area (Å²) in [5.74, 6) is 2.24. The summed E-state index contributed by atoms with van der Waals surface area (Å²) >= 11 is 0. The Balaban J connectivity index is 0.000000581. The fourth-order valence-electron chi connectivity index (χ4n) is 3.32. The summed E-state index contributed by atoms with van der Waals surface area (Å²) < 4.78 is 0. The Labute approximate surface area is 111 Å². The zero-order chi connectivity index (χ0) is 12.9. The van der Waals surface area contributed by atoms with Crippen LogP contribution in [0.1, 0.15) is 98.3 Å². The quantitative estimate of drug-likeness (QED) is 0.511. The third kappa shape index (κ3) is 7.84.